The number of hydrogen-bond donors (Lipinski definition) is 0. The average Bonchev–Trinajstić information content (AvgIpc) is 2.60. The fraction of sp³-hybridized carbons (Fsp3) is 0.211. The standard InChI is InChI=1S/C19H18O5/c1-12-19(22-3)18(20)17-15(21-2)9-14(10-16(17)24-12)23-11-13-7-5-4-6-8-13/h4-10H,11H2,1-3H3. The predicted octanol–water partition coefficient (Wildman–Crippen LogP) is 3.70. The molecule has 1 aromatic heterocycles. The van der Waals surface area contributed by atoms with Crippen molar-refractivity contribution in [3.05, 3.63) is 64.0 Å². The SMILES string of the molecule is COc1c(C)oc2cc(OCc3ccccc3)cc(OC)c2c1=O. The molecule has 0 fully saturated rings. The van der Waals surface area contributed by atoms with E-state index in [4.69, 9.17) is 18.6 Å². The Hall–Kier alpha value is -2.95. The molecule has 124 valence electrons. The molecule has 24 heavy (non-hydrogen) atoms. The molecule has 0 saturated carbocycles. The second-order valence-electron chi connectivity index (χ2n) is 5.29. The summed E-state index contributed by atoms with van der Waals surface area (Å²) in [7, 11) is 2.94. The molecule has 3 rings (SSSR count). The van der Waals surface area contributed by atoms with Crippen molar-refractivity contribution in [1.82, 2.24) is 0 Å². The molecule has 0 radical (unpaired) electrons. The minimum Gasteiger partial charge on any atom is -0.496 e. The molecule has 0 unspecified atom stereocenters. The van der Waals surface area contributed by atoms with Crippen molar-refractivity contribution >= 4 is 11.0 Å². The quantitative estimate of drug-likeness (QED) is 0.715. The van der Waals surface area contributed by atoms with E-state index in [9.17, 15) is 4.79 Å². The van der Waals surface area contributed by atoms with Crippen molar-refractivity contribution in [3.63, 3.8) is 0 Å². The van der Waals surface area contributed by atoms with Crippen LogP contribution in [0.15, 0.2) is 51.7 Å². The number of ether oxygens (including phenoxy) is 3. The first-order chi connectivity index (χ1) is 11.6. The molecule has 0 atom stereocenters. The summed E-state index contributed by atoms with van der Waals surface area (Å²) in [5.41, 5.74) is 1.19. The van der Waals surface area contributed by atoms with Gasteiger partial charge < -0.3 is 18.6 Å². The molecule has 5 heteroatoms. The molecule has 0 aliphatic carbocycles. The van der Waals surface area contributed by atoms with Crippen LogP contribution in [0.3, 0.4) is 0 Å². The Labute approximate surface area is 139 Å². The Morgan fingerprint density at radius 3 is 2.46 bits per heavy atom. The molecule has 0 saturated heterocycles. The summed E-state index contributed by atoms with van der Waals surface area (Å²) >= 11 is 0. The van der Waals surface area contributed by atoms with Crippen LogP contribution >= 0.6 is 0 Å². The highest BCUT2D eigenvalue weighted by Gasteiger charge is 2.17. The van der Waals surface area contributed by atoms with Crippen LogP contribution in [-0.4, -0.2) is 14.2 Å². The third-order valence-electron chi connectivity index (χ3n) is 3.73. The lowest BCUT2D eigenvalue weighted by molar-refractivity contribution is 0.303. The van der Waals surface area contributed by atoms with E-state index in [1.807, 2.05) is 30.3 Å². The smallest absolute Gasteiger partial charge is 0.238 e. The third-order valence-corrected chi connectivity index (χ3v) is 3.73. The molecule has 2 aromatic carbocycles. The summed E-state index contributed by atoms with van der Waals surface area (Å²) in [6, 6.07) is 13.2. The van der Waals surface area contributed by atoms with E-state index in [1.54, 1.807) is 19.1 Å². The van der Waals surface area contributed by atoms with Gasteiger partial charge in [0.2, 0.25) is 11.2 Å². The number of benzene rings is 2. The maximum atomic E-state index is 12.5. The predicted molar refractivity (Wildman–Crippen MR) is 91.1 cm³/mol. The van der Waals surface area contributed by atoms with Crippen molar-refractivity contribution in [2.75, 3.05) is 14.2 Å². The summed E-state index contributed by atoms with van der Waals surface area (Å²) in [4.78, 5) is 12.5. The van der Waals surface area contributed by atoms with Gasteiger partial charge in [0.25, 0.3) is 0 Å². The summed E-state index contributed by atoms with van der Waals surface area (Å²) in [5, 5.41) is 0.340. The molecule has 5 nitrogen and oxygen atoms in total. The maximum absolute atomic E-state index is 12.5. The lowest BCUT2D eigenvalue weighted by Crippen LogP contribution is -2.09. The van der Waals surface area contributed by atoms with E-state index in [0.717, 1.165) is 5.56 Å². The van der Waals surface area contributed by atoms with Crippen molar-refractivity contribution in [2.45, 2.75) is 13.5 Å². The Kier molecular flexibility index (Phi) is 4.42. The number of rotatable bonds is 5. The van der Waals surface area contributed by atoms with Gasteiger partial charge in [-0.15, -0.1) is 0 Å². The number of hydrogen-bond acceptors (Lipinski definition) is 5. The highest BCUT2D eigenvalue weighted by molar-refractivity contribution is 5.86. The van der Waals surface area contributed by atoms with Crippen LogP contribution in [0.1, 0.15) is 11.3 Å². The second-order valence-corrected chi connectivity index (χ2v) is 5.29. The van der Waals surface area contributed by atoms with Crippen LogP contribution in [-0.2, 0) is 6.61 Å². The van der Waals surface area contributed by atoms with E-state index >= 15 is 0 Å². The number of aryl methyl sites for hydroxylation is 1. The Morgan fingerprint density at radius 1 is 1.04 bits per heavy atom. The van der Waals surface area contributed by atoms with E-state index in [1.165, 1.54) is 14.2 Å². The van der Waals surface area contributed by atoms with E-state index in [0.29, 0.717) is 34.8 Å². The lowest BCUT2D eigenvalue weighted by Gasteiger charge is -2.12. The maximum Gasteiger partial charge on any atom is 0.238 e. The van der Waals surface area contributed by atoms with Gasteiger partial charge in [-0.1, -0.05) is 30.3 Å². The largest absolute Gasteiger partial charge is 0.496 e. The van der Waals surface area contributed by atoms with Gasteiger partial charge in [-0.3, -0.25) is 4.79 Å². The van der Waals surface area contributed by atoms with Gasteiger partial charge in [-0.25, -0.2) is 0 Å². The van der Waals surface area contributed by atoms with Crippen molar-refractivity contribution < 1.29 is 18.6 Å². The summed E-state index contributed by atoms with van der Waals surface area (Å²) in [5.74, 6) is 1.55. The van der Waals surface area contributed by atoms with E-state index < -0.39 is 0 Å². The van der Waals surface area contributed by atoms with Gasteiger partial charge in [-0.05, 0) is 12.5 Å². The minimum atomic E-state index is -0.261. The van der Waals surface area contributed by atoms with E-state index in [2.05, 4.69) is 0 Å². The summed E-state index contributed by atoms with van der Waals surface area (Å²) in [6.45, 7) is 2.10. The number of methoxy groups -OCH3 is 2. The Morgan fingerprint density at radius 2 is 1.79 bits per heavy atom. The van der Waals surface area contributed by atoms with E-state index in [-0.39, 0.29) is 11.2 Å². The lowest BCUT2D eigenvalue weighted by atomic mass is 10.1. The number of fused-ring (bicyclic) bond motifs is 1. The zero-order valence-electron chi connectivity index (χ0n) is 13.8. The first-order valence-electron chi connectivity index (χ1n) is 7.50. The second kappa shape index (κ2) is 6.66. The van der Waals surface area contributed by atoms with Gasteiger partial charge in [0, 0.05) is 12.1 Å². The molecule has 0 amide bonds. The molecule has 0 N–H and O–H groups in total. The van der Waals surface area contributed by atoms with Crippen LogP contribution in [0.5, 0.6) is 17.2 Å². The van der Waals surface area contributed by atoms with Gasteiger partial charge >= 0.3 is 0 Å². The van der Waals surface area contributed by atoms with Gasteiger partial charge in [0.1, 0.15) is 34.8 Å². The fourth-order valence-electron chi connectivity index (χ4n) is 2.58. The van der Waals surface area contributed by atoms with Crippen LogP contribution in [0.25, 0.3) is 11.0 Å². The molecule has 1 heterocycles. The molecule has 0 bridgehead atoms. The topological polar surface area (TPSA) is 57.9 Å². The summed E-state index contributed by atoms with van der Waals surface area (Å²) < 4.78 is 22.0. The average molecular weight is 326 g/mol. The fourth-order valence-corrected chi connectivity index (χ4v) is 2.58. The van der Waals surface area contributed by atoms with Crippen molar-refractivity contribution in [1.29, 1.82) is 0 Å². The van der Waals surface area contributed by atoms with Crippen LogP contribution in [0.4, 0.5) is 0 Å². The van der Waals surface area contributed by atoms with Gasteiger partial charge in [0.15, 0.2) is 0 Å². The Bertz CT molecular complexity index is 912. The van der Waals surface area contributed by atoms with Crippen molar-refractivity contribution in [3.8, 4) is 17.2 Å². The molecule has 0 aliphatic heterocycles. The van der Waals surface area contributed by atoms with Crippen LogP contribution in [0.2, 0.25) is 0 Å². The van der Waals surface area contributed by atoms with Crippen LogP contribution < -0.4 is 19.6 Å². The van der Waals surface area contributed by atoms with Gasteiger partial charge in [0.05, 0.1) is 14.2 Å². The van der Waals surface area contributed by atoms with Gasteiger partial charge in [-0.2, -0.15) is 0 Å². The Balaban J connectivity index is 2.04. The molecule has 3 aromatic rings. The molecular weight excluding hydrogens is 308 g/mol. The minimum absolute atomic E-state index is 0.179. The monoisotopic (exact) mass is 326 g/mol. The summed E-state index contributed by atoms with van der Waals surface area (Å²) in [6.07, 6.45) is 0. The molecule has 0 aliphatic rings. The zero-order chi connectivity index (χ0) is 17.1. The molecular formula is C19H18O5. The highest BCUT2D eigenvalue weighted by Crippen LogP contribution is 2.32. The highest BCUT2D eigenvalue weighted by atomic mass is 16.5. The zero-order valence-corrected chi connectivity index (χ0v) is 13.8. The van der Waals surface area contributed by atoms with Crippen molar-refractivity contribution in [2.24, 2.45) is 0 Å². The first-order valence-corrected chi connectivity index (χ1v) is 7.50. The molecule has 0 spiro atoms. The normalized spacial score (nSPS) is 10.6. The third kappa shape index (κ3) is 2.93. The van der Waals surface area contributed by atoms with Crippen LogP contribution in [0, 0.1) is 6.92 Å². The first kappa shape index (κ1) is 15.9.